The predicted molar refractivity (Wildman–Crippen MR) is 63.3 cm³/mol. The van der Waals surface area contributed by atoms with Crippen molar-refractivity contribution in [2.75, 3.05) is 20.3 Å². The summed E-state index contributed by atoms with van der Waals surface area (Å²) in [6.07, 6.45) is 0. The molecular weight excluding hydrogens is 230 g/mol. The van der Waals surface area contributed by atoms with Gasteiger partial charge in [0.25, 0.3) is 0 Å². The second kappa shape index (κ2) is 6.99. The van der Waals surface area contributed by atoms with Gasteiger partial charge in [0.1, 0.15) is 0 Å². The molecule has 0 spiro atoms. The number of hydrogen-bond acceptors (Lipinski definition) is 5. The smallest absolute Gasteiger partial charge is 0.304 e. The van der Waals surface area contributed by atoms with Crippen LogP contribution < -0.4 is 21.5 Å². The Morgan fingerprint density at radius 2 is 2.56 bits per heavy atom. The number of aliphatic imine (C=N–C) groups is 1. The van der Waals surface area contributed by atoms with Gasteiger partial charge in [0, 0.05) is 19.0 Å². The summed E-state index contributed by atoms with van der Waals surface area (Å²) in [5.41, 5.74) is 3.19. The summed E-state index contributed by atoms with van der Waals surface area (Å²) >= 11 is 1.11. The highest BCUT2D eigenvalue weighted by Crippen LogP contribution is 1.96. The number of methoxy groups -OCH3 is 1. The number of nitrogens with two attached hydrogens (primary N) is 1. The summed E-state index contributed by atoms with van der Waals surface area (Å²) in [5.74, 6) is 5.73. The third-order valence-electron chi connectivity index (χ3n) is 1.71. The number of nitrogens with one attached hydrogen (secondary N) is 3. The van der Waals surface area contributed by atoms with Crippen molar-refractivity contribution in [1.82, 2.24) is 15.7 Å². The van der Waals surface area contributed by atoms with Crippen LogP contribution in [0.2, 0.25) is 0 Å². The number of aromatic amines is 1. The summed E-state index contributed by atoms with van der Waals surface area (Å²) in [7, 11) is 1.62. The van der Waals surface area contributed by atoms with Gasteiger partial charge in [-0.25, -0.2) is 10.8 Å². The lowest BCUT2D eigenvalue weighted by atomic mass is 10.5. The SMILES string of the molecule is COCCNC(=NCc1csc(=O)[nH]1)NN. The molecular formula is C8H15N5O2S. The highest BCUT2D eigenvalue weighted by atomic mass is 32.1. The number of H-pyrrole nitrogens is 1. The molecule has 0 fully saturated rings. The molecule has 1 heterocycles. The van der Waals surface area contributed by atoms with Gasteiger partial charge in [-0.15, -0.1) is 0 Å². The molecule has 0 aromatic carbocycles. The summed E-state index contributed by atoms with van der Waals surface area (Å²) in [6, 6.07) is 0. The molecule has 0 bridgehead atoms. The van der Waals surface area contributed by atoms with Gasteiger partial charge in [-0.1, -0.05) is 11.3 Å². The molecule has 0 saturated heterocycles. The van der Waals surface area contributed by atoms with Crippen LogP contribution >= 0.6 is 11.3 Å². The van der Waals surface area contributed by atoms with Crippen LogP contribution in [0.5, 0.6) is 0 Å². The standard InChI is InChI=1S/C8H15N5O2S/c1-15-3-2-10-7(13-9)11-4-6-5-16-8(14)12-6/h5H,2-4,9H2,1H3,(H,12,14)(H2,10,11,13). The first-order chi connectivity index (χ1) is 7.76. The van der Waals surface area contributed by atoms with E-state index in [1.165, 1.54) is 0 Å². The number of thiazole rings is 1. The molecule has 1 aromatic heterocycles. The van der Waals surface area contributed by atoms with Crippen LogP contribution in [0.4, 0.5) is 0 Å². The number of nitrogens with zero attached hydrogens (tertiary/aromatic N) is 1. The van der Waals surface area contributed by atoms with Gasteiger partial charge in [0.15, 0.2) is 0 Å². The second-order valence-corrected chi connectivity index (χ2v) is 3.74. The molecule has 0 atom stereocenters. The zero-order valence-corrected chi connectivity index (χ0v) is 9.76. The Morgan fingerprint density at radius 1 is 1.75 bits per heavy atom. The highest BCUT2D eigenvalue weighted by Gasteiger charge is 1.97. The van der Waals surface area contributed by atoms with Crippen molar-refractivity contribution in [3.8, 4) is 0 Å². The number of guanidine groups is 1. The summed E-state index contributed by atoms with van der Waals surface area (Å²) in [4.78, 5) is 17.6. The summed E-state index contributed by atoms with van der Waals surface area (Å²) in [6.45, 7) is 1.55. The van der Waals surface area contributed by atoms with Gasteiger partial charge in [-0.05, 0) is 0 Å². The Kier molecular flexibility index (Phi) is 5.54. The van der Waals surface area contributed by atoms with E-state index >= 15 is 0 Å². The first-order valence-corrected chi connectivity index (χ1v) is 5.54. The molecule has 1 rings (SSSR count). The van der Waals surface area contributed by atoms with Gasteiger partial charge in [-0.2, -0.15) is 0 Å². The van der Waals surface area contributed by atoms with Crippen molar-refractivity contribution in [3.63, 3.8) is 0 Å². The molecule has 0 aliphatic heterocycles. The molecule has 0 unspecified atom stereocenters. The molecule has 8 heteroatoms. The van der Waals surface area contributed by atoms with Crippen LogP contribution in [0.15, 0.2) is 15.2 Å². The second-order valence-electron chi connectivity index (χ2n) is 2.90. The maximum atomic E-state index is 10.9. The Hall–Kier alpha value is -1.38. The fourth-order valence-corrected chi connectivity index (χ4v) is 1.55. The first kappa shape index (κ1) is 12.7. The Bertz CT molecular complexity index is 386. The van der Waals surface area contributed by atoms with Crippen molar-refractivity contribution >= 4 is 17.3 Å². The molecule has 7 nitrogen and oxygen atoms in total. The van der Waals surface area contributed by atoms with Gasteiger partial charge < -0.3 is 15.0 Å². The van der Waals surface area contributed by atoms with E-state index in [1.807, 2.05) is 0 Å². The van der Waals surface area contributed by atoms with E-state index in [9.17, 15) is 4.79 Å². The van der Waals surface area contributed by atoms with Gasteiger partial charge in [-0.3, -0.25) is 10.2 Å². The molecule has 0 saturated carbocycles. The van der Waals surface area contributed by atoms with Gasteiger partial charge in [0.05, 0.1) is 18.8 Å². The zero-order valence-electron chi connectivity index (χ0n) is 8.95. The maximum Gasteiger partial charge on any atom is 0.304 e. The minimum absolute atomic E-state index is 0.0835. The molecule has 0 aliphatic carbocycles. The quantitative estimate of drug-likeness (QED) is 0.175. The monoisotopic (exact) mass is 245 g/mol. The van der Waals surface area contributed by atoms with Crippen LogP contribution in [-0.2, 0) is 11.3 Å². The van der Waals surface area contributed by atoms with Crippen LogP contribution in [0.3, 0.4) is 0 Å². The van der Waals surface area contributed by atoms with E-state index < -0.39 is 0 Å². The third kappa shape index (κ3) is 4.43. The molecule has 16 heavy (non-hydrogen) atoms. The van der Waals surface area contributed by atoms with Gasteiger partial charge in [0.2, 0.25) is 5.96 Å². The Balaban J connectivity index is 2.43. The molecule has 0 aliphatic rings. The zero-order chi connectivity index (χ0) is 11.8. The Morgan fingerprint density at radius 3 is 3.12 bits per heavy atom. The number of aromatic nitrogens is 1. The summed E-state index contributed by atoms with van der Waals surface area (Å²) < 4.78 is 4.87. The highest BCUT2D eigenvalue weighted by molar-refractivity contribution is 7.07. The average molecular weight is 245 g/mol. The van der Waals surface area contributed by atoms with Crippen molar-refractivity contribution < 1.29 is 4.74 Å². The topological polar surface area (TPSA) is 105 Å². The van der Waals surface area contributed by atoms with Crippen molar-refractivity contribution in [1.29, 1.82) is 0 Å². The molecule has 5 N–H and O–H groups in total. The van der Waals surface area contributed by atoms with Crippen molar-refractivity contribution in [3.05, 3.63) is 20.7 Å². The lowest BCUT2D eigenvalue weighted by molar-refractivity contribution is 0.203. The van der Waals surface area contributed by atoms with E-state index in [2.05, 4.69) is 20.7 Å². The van der Waals surface area contributed by atoms with Crippen LogP contribution in [0, 0.1) is 0 Å². The largest absolute Gasteiger partial charge is 0.383 e. The van der Waals surface area contributed by atoms with Crippen LogP contribution in [0.1, 0.15) is 5.69 Å². The lowest BCUT2D eigenvalue weighted by Gasteiger charge is -2.07. The number of rotatable bonds is 5. The fraction of sp³-hybridized carbons (Fsp3) is 0.500. The molecule has 0 radical (unpaired) electrons. The molecule has 0 amide bonds. The lowest BCUT2D eigenvalue weighted by Crippen LogP contribution is -2.42. The van der Waals surface area contributed by atoms with Crippen molar-refractivity contribution in [2.45, 2.75) is 6.54 Å². The summed E-state index contributed by atoms with van der Waals surface area (Å²) in [5, 5.41) is 4.68. The number of ether oxygens (including phenoxy) is 1. The normalized spacial score (nSPS) is 11.5. The number of hydrogen-bond donors (Lipinski definition) is 4. The average Bonchev–Trinajstić information content (AvgIpc) is 2.69. The fourth-order valence-electron chi connectivity index (χ4n) is 0.980. The van der Waals surface area contributed by atoms with E-state index in [0.717, 1.165) is 17.0 Å². The molecule has 1 aromatic rings. The van der Waals surface area contributed by atoms with Crippen molar-refractivity contribution in [2.24, 2.45) is 10.8 Å². The minimum Gasteiger partial charge on any atom is -0.383 e. The number of hydrazine groups is 1. The Labute approximate surface area is 96.7 Å². The predicted octanol–water partition coefficient (Wildman–Crippen LogP) is -1.01. The first-order valence-electron chi connectivity index (χ1n) is 4.67. The third-order valence-corrected chi connectivity index (χ3v) is 2.43. The van der Waals surface area contributed by atoms with Crippen LogP contribution in [-0.4, -0.2) is 31.2 Å². The van der Waals surface area contributed by atoms with E-state index in [1.54, 1.807) is 12.5 Å². The maximum absolute atomic E-state index is 10.9. The minimum atomic E-state index is -0.0835. The van der Waals surface area contributed by atoms with Crippen LogP contribution in [0.25, 0.3) is 0 Å². The van der Waals surface area contributed by atoms with E-state index in [4.69, 9.17) is 10.6 Å². The molecule has 90 valence electrons. The van der Waals surface area contributed by atoms with E-state index in [-0.39, 0.29) is 4.87 Å². The van der Waals surface area contributed by atoms with Gasteiger partial charge >= 0.3 is 4.87 Å². The van der Waals surface area contributed by atoms with E-state index in [0.29, 0.717) is 25.7 Å².